The van der Waals surface area contributed by atoms with Crippen LogP contribution in [-0.4, -0.2) is 48.1 Å². The van der Waals surface area contributed by atoms with Gasteiger partial charge in [-0.1, -0.05) is 24.3 Å². The molecule has 11 heteroatoms. The van der Waals surface area contributed by atoms with Crippen LogP contribution in [0.5, 0.6) is 11.5 Å². The van der Waals surface area contributed by atoms with Gasteiger partial charge in [-0.05, 0) is 74.6 Å². The Balaban J connectivity index is 1.22. The van der Waals surface area contributed by atoms with Gasteiger partial charge in [0.1, 0.15) is 0 Å². The van der Waals surface area contributed by atoms with Crippen LogP contribution in [0, 0.1) is 12.7 Å². The topological polar surface area (TPSA) is 104 Å². The molecule has 218 valence electrons. The van der Waals surface area contributed by atoms with Crippen LogP contribution in [0.1, 0.15) is 36.9 Å². The van der Waals surface area contributed by atoms with Crippen molar-refractivity contribution in [1.29, 1.82) is 0 Å². The molecule has 1 fully saturated rings. The minimum absolute atomic E-state index is 0.0777. The zero-order chi connectivity index (χ0) is 29.3. The lowest BCUT2D eigenvalue weighted by molar-refractivity contribution is 0.174. The SMILES string of the molecule is Cc1cc(-c2cc(F)c(=O)n(Cc3ccc4c(c3)OCO4)c2)nc(S(=O)(=O)CCCN(c2ccccc2)C2CCC2)n1. The van der Waals surface area contributed by atoms with Crippen molar-refractivity contribution in [3.05, 3.63) is 94.3 Å². The van der Waals surface area contributed by atoms with E-state index in [0.29, 0.717) is 41.8 Å². The molecule has 0 spiro atoms. The van der Waals surface area contributed by atoms with E-state index in [1.165, 1.54) is 17.2 Å². The molecule has 1 aliphatic heterocycles. The number of ether oxygens (including phenoxy) is 2. The molecule has 4 aromatic rings. The maximum absolute atomic E-state index is 14.8. The highest BCUT2D eigenvalue weighted by atomic mass is 32.2. The first-order chi connectivity index (χ1) is 20.3. The summed E-state index contributed by atoms with van der Waals surface area (Å²) in [6.45, 7) is 2.46. The first-order valence-electron chi connectivity index (χ1n) is 14.0. The van der Waals surface area contributed by atoms with Gasteiger partial charge in [0.05, 0.1) is 18.0 Å². The van der Waals surface area contributed by atoms with Crippen molar-refractivity contribution in [3.63, 3.8) is 0 Å². The molecular formula is C31H31FN4O5S. The van der Waals surface area contributed by atoms with Crippen LogP contribution in [0.3, 0.4) is 0 Å². The Hall–Kier alpha value is -4.25. The number of aromatic nitrogens is 3. The zero-order valence-corrected chi connectivity index (χ0v) is 24.0. The second-order valence-electron chi connectivity index (χ2n) is 10.7. The summed E-state index contributed by atoms with van der Waals surface area (Å²) in [6, 6.07) is 18.4. The van der Waals surface area contributed by atoms with E-state index in [0.717, 1.165) is 24.6 Å². The molecule has 0 bridgehead atoms. The highest BCUT2D eigenvalue weighted by Crippen LogP contribution is 2.33. The van der Waals surface area contributed by atoms with Crippen molar-refractivity contribution in [2.24, 2.45) is 0 Å². The van der Waals surface area contributed by atoms with Gasteiger partial charge in [0.25, 0.3) is 5.56 Å². The fourth-order valence-corrected chi connectivity index (χ4v) is 6.49. The molecular weight excluding hydrogens is 559 g/mol. The van der Waals surface area contributed by atoms with Gasteiger partial charge < -0.3 is 18.9 Å². The summed E-state index contributed by atoms with van der Waals surface area (Å²) in [6.07, 6.45) is 5.26. The molecule has 1 saturated carbocycles. The molecule has 0 N–H and O–H groups in total. The number of pyridine rings is 1. The van der Waals surface area contributed by atoms with Gasteiger partial charge in [0, 0.05) is 35.7 Å². The standard InChI is InChI=1S/C31H31FN4O5S/c1-21-15-27(23-17-26(32)30(37)35(19-23)18-22-11-12-28-29(16-22)41-20-40-28)34-31(33-21)42(38,39)14-6-13-36(25-9-5-10-25)24-7-3-2-4-8-24/h2-4,7-8,11-12,15-17,19,25H,5-6,9-10,13-14,18,20H2,1H3. The third kappa shape index (κ3) is 5.87. The van der Waals surface area contributed by atoms with E-state index in [-0.39, 0.29) is 35.5 Å². The van der Waals surface area contributed by atoms with Crippen molar-refractivity contribution in [2.45, 2.75) is 50.4 Å². The van der Waals surface area contributed by atoms with Gasteiger partial charge in [0.2, 0.25) is 21.8 Å². The van der Waals surface area contributed by atoms with Crippen LogP contribution < -0.4 is 19.9 Å². The Morgan fingerprint density at radius 1 is 1.02 bits per heavy atom. The highest BCUT2D eigenvalue weighted by molar-refractivity contribution is 7.91. The Kier molecular flexibility index (Phi) is 7.68. The molecule has 0 radical (unpaired) electrons. The number of anilines is 1. The molecule has 42 heavy (non-hydrogen) atoms. The number of aryl methyl sites for hydroxylation is 1. The van der Waals surface area contributed by atoms with Crippen LogP contribution in [0.15, 0.2) is 76.8 Å². The second kappa shape index (κ2) is 11.6. The molecule has 0 saturated heterocycles. The number of para-hydroxylation sites is 1. The lowest BCUT2D eigenvalue weighted by atomic mass is 9.91. The minimum Gasteiger partial charge on any atom is -0.454 e. The second-order valence-corrected chi connectivity index (χ2v) is 12.7. The van der Waals surface area contributed by atoms with Crippen LogP contribution in [-0.2, 0) is 16.4 Å². The molecule has 2 aliphatic rings. The largest absolute Gasteiger partial charge is 0.454 e. The Labute approximate surface area is 243 Å². The fraction of sp³-hybridized carbons (Fsp3) is 0.323. The normalized spacial score (nSPS) is 14.5. The lowest BCUT2D eigenvalue weighted by Crippen LogP contribution is -2.41. The van der Waals surface area contributed by atoms with E-state index >= 15 is 0 Å². The van der Waals surface area contributed by atoms with Crippen molar-refractivity contribution in [1.82, 2.24) is 14.5 Å². The number of sulfone groups is 1. The average molecular weight is 591 g/mol. The molecule has 2 aromatic carbocycles. The molecule has 0 amide bonds. The van der Waals surface area contributed by atoms with E-state index < -0.39 is 21.2 Å². The first kappa shape index (κ1) is 27.9. The number of rotatable bonds is 10. The van der Waals surface area contributed by atoms with Gasteiger partial charge in [-0.15, -0.1) is 0 Å². The molecule has 9 nitrogen and oxygen atoms in total. The molecule has 0 atom stereocenters. The lowest BCUT2D eigenvalue weighted by Gasteiger charge is -2.39. The van der Waals surface area contributed by atoms with Gasteiger partial charge in [-0.3, -0.25) is 4.79 Å². The average Bonchev–Trinajstić information content (AvgIpc) is 3.42. The van der Waals surface area contributed by atoms with Gasteiger partial charge >= 0.3 is 0 Å². The Bertz CT molecular complexity index is 1770. The smallest absolute Gasteiger partial charge is 0.286 e. The van der Waals surface area contributed by atoms with Crippen LogP contribution in [0.4, 0.5) is 10.1 Å². The number of fused-ring (bicyclic) bond motifs is 1. The molecule has 6 rings (SSSR count). The van der Waals surface area contributed by atoms with Gasteiger partial charge in [-0.2, -0.15) is 0 Å². The van der Waals surface area contributed by atoms with Crippen LogP contribution in [0.25, 0.3) is 11.3 Å². The molecule has 0 unspecified atom stereocenters. The molecule has 3 heterocycles. The number of benzene rings is 2. The summed E-state index contributed by atoms with van der Waals surface area (Å²) < 4.78 is 53.5. The summed E-state index contributed by atoms with van der Waals surface area (Å²) in [4.78, 5) is 23.5. The van der Waals surface area contributed by atoms with Gasteiger partial charge in [0.15, 0.2) is 17.3 Å². The van der Waals surface area contributed by atoms with Crippen molar-refractivity contribution >= 4 is 15.5 Å². The van der Waals surface area contributed by atoms with E-state index in [1.807, 2.05) is 30.3 Å². The predicted octanol–water partition coefficient (Wildman–Crippen LogP) is 4.75. The van der Waals surface area contributed by atoms with E-state index in [1.54, 1.807) is 31.2 Å². The summed E-state index contributed by atoms with van der Waals surface area (Å²) in [5.41, 5.74) is 1.92. The maximum atomic E-state index is 14.8. The van der Waals surface area contributed by atoms with Crippen molar-refractivity contribution < 1.29 is 22.3 Å². The quantitative estimate of drug-likeness (QED) is 0.244. The van der Waals surface area contributed by atoms with Gasteiger partial charge in [-0.25, -0.2) is 22.8 Å². The Morgan fingerprint density at radius 2 is 1.81 bits per heavy atom. The fourth-order valence-electron chi connectivity index (χ4n) is 5.28. The van der Waals surface area contributed by atoms with E-state index in [4.69, 9.17) is 9.47 Å². The third-order valence-electron chi connectivity index (χ3n) is 7.66. The summed E-state index contributed by atoms with van der Waals surface area (Å²) >= 11 is 0. The Morgan fingerprint density at radius 3 is 2.57 bits per heavy atom. The molecule has 2 aromatic heterocycles. The number of nitrogens with zero attached hydrogens (tertiary/aromatic N) is 4. The summed E-state index contributed by atoms with van der Waals surface area (Å²) in [7, 11) is -3.83. The summed E-state index contributed by atoms with van der Waals surface area (Å²) in [5.74, 6) is 0.0696. The van der Waals surface area contributed by atoms with Crippen molar-refractivity contribution in [2.75, 3.05) is 24.0 Å². The van der Waals surface area contributed by atoms with Crippen LogP contribution >= 0.6 is 0 Å². The number of halogens is 1. The van der Waals surface area contributed by atoms with E-state index in [2.05, 4.69) is 14.9 Å². The summed E-state index contributed by atoms with van der Waals surface area (Å²) in [5, 5.41) is -0.304. The predicted molar refractivity (Wildman–Crippen MR) is 156 cm³/mol. The number of hydrogen-bond acceptors (Lipinski definition) is 8. The first-order valence-corrected chi connectivity index (χ1v) is 15.6. The molecule has 1 aliphatic carbocycles. The third-order valence-corrected chi connectivity index (χ3v) is 9.22. The van der Waals surface area contributed by atoms with Crippen molar-refractivity contribution in [3.8, 4) is 22.8 Å². The maximum Gasteiger partial charge on any atom is 0.286 e. The minimum atomic E-state index is -3.83. The zero-order valence-electron chi connectivity index (χ0n) is 23.2. The number of hydrogen-bond donors (Lipinski definition) is 0. The van der Waals surface area contributed by atoms with E-state index in [9.17, 15) is 17.6 Å². The van der Waals surface area contributed by atoms with Crippen LogP contribution in [0.2, 0.25) is 0 Å². The monoisotopic (exact) mass is 590 g/mol. The highest BCUT2D eigenvalue weighted by Gasteiger charge is 2.26.